The monoisotopic (exact) mass is 325 g/mol. The van der Waals surface area contributed by atoms with Crippen molar-refractivity contribution in [1.29, 1.82) is 0 Å². The zero-order chi connectivity index (χ0) is 16.4. The highest BCUT2D eigenvalue weighted by Gasteiger charge is 2.10. The lowest BCUT2D eigenvalue weighted by Gasteiger charge is -2.08. The molecule has 0 radical (unpaired) electrons. The second kappa shape index (κ2) is 5.85. The number of carbonyl (C=O) groups excluding carboxylic acids is 1. The van der Waals surface area contributed by atoms with E-state index in [0.717, 1.165) is 17.0 Å². The first kappa shape index (κ1) is 15.2. The van der Waals surface area contributed by atoms with Crippen LogP contribution in [-0.4, -0.2) is 20.6 Å². The number of fused-ring (bicyclic) bond motifs is 1. The predicted molar refractivity (Wildman–Crippen MR) is 91.5 cm³/mol. The summed E-state index contributed by atoms with van der Waals surface area (Å²) in [6, 6.07) is 19.4. The van der Waals surface area contributed by atoms with Crippen molar-refractivity contribution in [3.63, 3.8) is 0 Å². The van der Waals surface area contributed by atoms with Gasteiger partial charge in [0.25, 0.3) is 5.91 Å². The molecule has 3 aromatic rings. The third kappa shape index (κ3) is 3.40. The topological polar surface area (TPSA) is 63.2 Å². The number of carbonyl (C=O) groups is 1. The fourth-order valence-corrected chi connectivity index (χ4v) is 3.01. The van der Waals surface area contributed by atoms with Crippen molar-refractivity contribution in [3.8, 4) is 0 Å². The SMILES string of the molecule is CS(=O)(=O)c1cccc(NC(=O)c2ccc3ccccc3c2)c1. The summed E-state index contributed by atoms with van der Waals surface area (Å²) >= 11 is 0. The van der Waals surface area contributed by atoms with E-state index in [9.17, 15) is 13.2 Å². The number of anilines is 1. The molecule has 3 rings (SSSR count). The Labute approximate surface area is 134 Å². The Hall–Kier alpha value is -2.66. The largest absolute Gasteiger partial charge is 0.322 e. The van der Waals surface area contributed by atoms with Crippen LogP contribution >= 0.6 is 0 Å². The maximum Gasteiger partial charge on any atom is 0.255 e. The van der Waals surface area contributed by atoms with E-state index in [1.54, 1.807) is 18.2 Å². The summed E-state index contributed by atoms with van der Waals surface area (Å²) < 4.78 is 23.1. The van der Waals surface area contributed by atoms with E-state index < -0.39 is 9.84 Å². The smallest absolute Gasteiger partial charge is 0.255 e. The zero-order valence-electron chi connectivity index (χ0n) is 12.5. The molecule has 0 fully saturated rings. The Balaban J connectivity index is 1.88. The van der Waals surface area contributed by atoms with Crippen molar-refractivity contribution < 1.29 is 13.2 Å². The number of amides is 1. The molecule has 23 heavy (non-hydrogen) atoms. The molecule has 0 aliphatic carbocycles. The van der Waals surface area contributed by atoms with Crippen LogP contribution in [0, 0.1) is 0 Å². The number of sulfone groups is 1. The standard InChI is InChI=1S/C18H15NO3S/c1-23(21,22)17-8-4-7-16(12-17)19-18(20)15-10-9-13-5-2-3-6-14(13)11-15/h2-12H,1H3,(H,19,20). The molecule has 1 amide bonds. The molecule has 116 valence electrons. The van der Waals surface area contributed by atoms with E-state index in [-0.39, 0.29) is 10.8 Å². The normalized spacial score (nSPS) is 11.3. The van der Waals surface area contributed by atoms with Crippen molar-refractivity contribution in [1.82, 2.24) is 0 Å². The van der Waals surface area contributed by atoms with E-state index in [1.807, 2.05) is 36.4 Å². The van der Waals surface area contributed by atoms with E-state index in [1.165, 1.54) is 12.1 Å². The van der Waals surface area contributed by atoms with Crippen LogP contribution in [-0.2, 0) is 9.84 Å². The summed E-state index contributed by atoms with van der Waals surface area (Å²) in [7, 11) is -3.31. The molecule has 0 heterocycles. The number of hydrogen-bond donors (Lipinski definition) is 1. The number of nitrogens with one attached hydrogen (secondary N) is 1. The van der Waals surface area contributed by atoms with Crippen LogP contribution in [0.3, 0.4) is 0 Å². The minimum absolute atomic E-state index is 0.175. The average Bonchev–Trinajstić information content (AvgIpc) is 2.54. The molecule has 0 spiro atoms. The van der Waals surface area contributed by atoms with Gasteiger partial charge in [0.05, 0.1) is 4.90 Å². The molecule has 0 saturated heterocycles. The fourth-order valence-electron chi connectivity index (χ4n) is 2.34. The fraction of sp³-hybridized carbons (Fsp3) is 0.0556. The first-order valence-corrected chi connectivity index (χ1v) is 8.93. The summed E-state index contributed by atoms with van der Waals surface area (Å²) in [5, 5.41) is 4.77. The summed E-state index contributed by atoms with van der Waals surface area (Å²) in [4.78, 5) is 12.5. The highest BCUT2D eigenvalue weighted by molar-refractivity contribution is 7.90. The van der Waals surface area contributed by atoms with Gasteiger partial charge in [-0.15, -0.1) is 0 Å². The molecule has 0 aromatic heterocycles. The van der Waals surface area contributed by atoms with E-state index in [4.69, 9.17) is 0 Å². The molecule has 3 aromatic carbocycles. The van der Waals surface area contributed by atoms with Crippen LogP contribution < -0.4 is 5.32 Å². The molecule has 0 bridgehead atoms. The lowest BCUT2D eigenvalue weighted by Crippen LogP contribution is -2.12. The van der Waals surface area contributed by atoms with Crippen LogP contribution in [0.25, 0.3) is 10.8 Å². The van der Waals surface area contributed by atoms with Gasteiger partial charge in [-0.3, -0.25) is 4.79 Å². The summed E-state index contributed by atoms with van der Waals surface area (Å²) in [5.41, 5.74) is 0.972. The minimum atomic E-state index is -3.31. The van der Waals surface area contributed by atoms with Crippen LogP contribution in [0.2, 0.25) is 0 Å². The lowest BCUT2D eigenvalue weighted by atomic mass is 10.1. The van der Waals surface area contributed by atoms with Crippen molar-refractivity contribution >= 4 is 32.2 Å². The van der Waals surface area contributed by atoms with E-state index >= 15 is 0 Å². The average molecular weight is 325 g/mol. The molecule has 0 saturated carbocycles. The Morgan fingerprint density at radius 3 is 2.35 bits per heavy atom. The molecule has 4 nitrogen and oxygen atoms in total. The van der Waals surface area contributed by atoms with Gasteiger partial charge in [-0.2, -0.15) is 0 Å². The summed E-state index contributed by atoms with van der Waals surface area (Å²) in [6.45, 7) is 0. The van der Waals surface area contributed by atoms with Crippen LogP contribution in [0.5, 0.6) is 0 Å². The second-order valence-electron chi connectivity index (χ2n) is 5.32. The predicted octanol–water partition coefficient (Wildman–Crippen LogP) is 3.50. The van der Waals surface area contributed by atoms with Gasteiger partial charge in [0.1, 0.15) is 0 Å². The Morgan fingerprint density at radius 2 is 1.61 bits per heavy atom. The zero-order valence-corrected chi connectivity index (χ0v) is 13.3. The van der Waals surface area contributed by atoms with Gasteiger partial charge < -0.3 is 5.32 Å². The molecule has 0 aliphatic rings. The maximum atomic E-state index is 12.4. The lowest BCUT2D eigenvalue weighted by molar-refractivity contribution is 0.102. The van der Waals surface area contributed by atoms with E-state index in [2.05, 4.69) is 5.32 Å². The first-order valence-electron chi connectivity index (χ1n) is 7.04. The highest BCUT2D eigenvalue weighted by atomic mass is 32.2. The van der Waals surface area contributed by atoms with Gasteiger partial charge in [0.15, 0.2) is 9.84 Å². The summed E-state index contributed by atoms with van der Waals surface area (Å²) in [5.74, 6) is -0.276. The van der Waals surface area contributed by atoms with Crippen molar-refractivity contribution in [3.05, 3.63) is 72.3 Å². The van der Waals surface area contributed by atoms with Crippen molar-refractivity contribution in [2.45, 2.75) is 4.90 Å². The van der Waals surface area contributed by atoms with Gasteiger partial charge in [-0.25, -0.2) is 8.42 Å². The van der Waals surface area contributed by atoms with Gasteiger partial charge in [-0.1, -0.05) is 36.4 Å². The summed E-state index contributed by atoms with van der Waals surface area (Å²) in [6.07, 6.45) is 1.14. The number of rotatable bonds is 3. The third-order valence-corrected chi connectivity index (χ3v) is 4.64. The van der Waals surface area contributed by atoms with Gasteiger partial charge >= 0.3 is 0 Å². The molecule has 1 N–H and O–H groups in total. The molecule has 0 unspecified atom stereocenters. The molecular weight excluding hydrogens is 310 g/mol. The van der Waals surface area contributed by atoms with Crippen LogP contribution in [0.1, 0.15) is 10.4 Å². The van der Waals surface area contributed by atoms with Gasteiger partial charge in [0.2, 0.25) is 0 Å². The molecule has 5 heteroatoms. The first-order chi connectivity index (χ1) is 10.9. The van der Waals surface area contributed by atoms with E-state index in [0.29, 0.717) is 11.3 Å². The molecule has 0 aliphatic heterocycles. The Bertz CT molecular complexity index is 994. The third-order valence-electron chi connectivity index (χ3n) is 3.53. The minimum Gasteiger partial charge on any atom is -0.322 e. The quantitative estimate of drug-likeness (QED) is 0.801. The molecule has 0 atom stereocenters. The van der Waals surface area contributed by atoms with Gasteiger partial charge in [0, 0.05) is 17.5 Å². The van der Waals surface area contributed by atoms with Crippen molar-refractivity contribution in [2.24, 2.45) is 0 Å². The Kier molecular flexibility index (Phi) is 3.88. The van der Waals surface area contributed by atoms with Crippen LogP contribution in [0.4, 0.5) is 5.69 Å². The maximum absolute atomic E-state index is 12.4. The molecular formula is C18H15NO3S. The van der Waals surface area contributed by atoms with Crippen LogP contribution in [0.15, 0.2) is 71.6 Å². The number of benzene rings is 3. The second-order valence-corrected chi connectivity index (χ2v) is 7.33. The van der Waals surface area contributed by atoms with Crippen molar-refractivity contribution in [2.75, 3.05) is 11.6 Å². The van der Waals surface area contributed by atoms with Gasteiger partial charge in [-0.05, 0) is 41.1 Å². The Morgan fingerprint density at radius 1 is 0.870 bits per heavy atom. The highest BCUT2D eigenvalue weighted by Crippen LogP contribution is 2.19. The number of hydrogen-bond acceptors (Lipinski definition) is 3.